The molecule has 1 rings (SSSR count). The van der Waals surface area contributed by atoms with Crippen LogP contribution in [0.15, 0.2) is 0 Å². The highest BCUT2D eigenvalue weighted by molar-refractivity contribution is 5.96. The maximum absolute atomic E-state index is 12.9. The zero-order valence-electron chi connectivity index (χ0n) is 15.9. The minimum Gasteiger partial charge on any atom is -0.460 e. The fourth-order valence-electron chi connectivity index (χ4n) is 2.80. The number of hydrogen-bond donors (Lipinski definition) is 0. The molecule has 2 atom stereocenters. The first-order valence-electron chi connectivity index (χ1n) is 8.64. The highest BCUT2D eigenvalue weighted by Gasteiger charge is 2.42. The van der Waals surface area contributed by atoms with Gasteiger partial charge in [-0.3, -0.25) is 9.59 Å². The Morgan fingerprint density at radius 1 is 1.25 bits per heavy atom. The fourth-order valence-corrected chi connectivity index (χ4v) is 2.80. The van der Waals surface area contributed by atoms with Crippen LogP contribution >= 0.6 is 0 Å². The van der Waals surface area contributed by atoms with Gasteiger partial charge >= 0.3 is 12.1 Å². The molecule has 0 N–H and O–H groups in total. The molecule has 0 aromatic rings. The van der Waals surface area contributed by atoms with Crippen molar-refractivity contribution in [1.82, 2.24) is 4.90 Å². The van der Waals surface area contributed by atoms with Crippen LogP contribution in [0.2, 0.25) is 0 Å². The minimum atomic E-state index is -0.614. The first-order valence-corrected chi connectivity index (χ1v) is 8.64. The normalized spacial score (nSPS) is 19.6. The van der Waals surface area contributed by atoms with Gasteiger partial charge in [-0.15, -0.1) is 0 Å². The number of imide groups is 1. The lowest BCUT2D eigenvalue weighted by atomic mass is 9.91. The predicted molar refractivity (Wildman–Crippen MR) is 90.2 cm³/mol. The standard InChI is InChI=1S/C18H31NO5/c1-11(2)8-13(9-15(20)24-18(5,6)7)16(21)19-14(12(3)4)10-23-17(19)22/h11-14H,8-10H2,1-7H3/t13-,14+/m1/s1. The molecule has 24 heavy (non-hydrogen) atoms. The lowest BCUT2D eigenvalue weighted by Gasteiger charge is -2.28. The van der Waals surface area contributed by atoms with Crippen molar-refractivity contribution in [1.29, 1.82) is 0 Å². The van der Waals surface area contributed by atoms with Gasteiger partial charge in [0.1, 0.15) is 12.2 Å². The molecular weight excluding hydrogens is 310 g/mol. The molecule has 0 aliphatic carbocycles. The molecule has 0 aromatic carbocycles. The summed E-state index contributed by atoms with van der Waals surface area (Å²) in [6.07, 6.45) is -0.119. The van der Waals surface area contributed by atoms with Gasteiger partial charge in [-0.1, -0.05) is 27.7 Å². The Kier molecular flexibility index (Phi) is 6.81. The Bertz CT molecular complexity index is 478. The van der Waals surface area contributed by atoms with E-state index < -0.39 is 23.6 Å². The van der Waals surface area contributed by atoms with Crippen LogP contribution in [0, 0.1) is 17.8 Å². The summed E-state index contributed by atoms with van der Waals surface area (Å²) in [6.45, 7) is 13.4. The van der Waals surface area contributed by atoms with Crippen molar-refractivity contribution in [2.75, 3.05) is 6.61 Å². The molecule has 0 saturated carbocycles. The van der Waals surface area contributed by atoms with Crippen molar-refractivity contribution < 1.29 is 23.9 Å². The lowest BCUT2D eigenvalue weighted by molar-refractivity contribution is -0.158. The van der Waals surface area contributed by atoms with Crippen LogP contribution in [0.4, 0.5) is 4.79 Å². The van der Waals surface area contributed by atoms with Gasteiger partial charge in [-0.25, -0.2) is 9.69 Å². The molecule has 6 nitrogen and oxygen atoms in total. The Hall–Kier alpha value is -1.59. The summed E-state index contributed by atoms with van der Waals surface area (Å²) >= 11 is 0. The van der Waals surface area contributed by atoms with Crippen molar-refractivity contribution >= 4 is 18.0 Å². The van der Waals surface area contributed by atoms with Crippen LogP contribution in [-0.2, 0) is 19.1 Å². The zero-order chi connectivity index (χ0) is 18.7. The first-order chi connectivity index (χ1) is 10.9. The van der Waals surface area contributed by atoms with Crippen molar-refractivity contribution in [3.8, 4) is 0 Å². The third-order valence-electron chi connectivity index (χ3n) is 3.85. The number of cyclic esters (lactones) is 1. The third kappa shape index (κ3) is 5.80. The van der Waals surface area contributed by atoms with E-state index in [-0.39, 0.29) is 36.8 Å². The largest absolute Gasteiger partial charge is 0.460 e. The van der Waals surface area contributed by atoms with E-state index in [1.165, 1.54) is 4.90 Å². The van der Waals surface area contributed by atoms with Crippen LogP contribution in [0.1, 0.15) is 61.3 Å². The van der Waals surface area contributed by atoms with Crippen molar-refractivity contribution in [3.63, 3.8) is 0 Å². The summed E-state index contributed by atoms with van der Waals surface area (Å²) < 4.78 is 10.4. The summed E-state index contributed by atoms with van der Waals surface area (Å²) in [5.41, 5.74) is -0.602. The van der Waals surface area contributed by atoms with Gasteiger partial charge in [0.25, 0.3) is 0 Å². The summed E-state index contributed by atoms with van der Waals surface area (Å²) in [7, 11) is 0. The molecule has 1 aliphatic heterocycles. The number of ether oxygens (including phenoxy) is 2. The van der Waals surface area contributed by atoms with Gasteiger partial charge in [-0.2, -0.15) is 0 Å². The Balaban J connectivity index is 2.92. The Morgan fingerprint density at radius 3 is 2.29 bits per heavy atom. The Morgan fingerprint density at radius 2 is 1.83 bits per heavy atom. The van der Waals surface area contributed by atoms with Crippen LogP contribution in [0.5, 0.6) is 0 Å². The molecular formula is C18H31NO5. The third-order valence-corrected chi connectivity index (χ3v) is 3.85. The monoisotopic (exact) mass is 341 g/mol. The highest BCUT2D eigenvalue weighted by Crippen LogP contribution is 2.27. The topological polar surface area (TPSA) is 72.9 Å². The maximum Gasteiger partial charge on any atom is 0.416 e. The van der Waals surface area contributed by atoms with E-state index in [9.17, 15) is 14.4 Å². The van der Waals surface area contributed by atoms with E-state index in [4.69, 9.17) is 9.47 Å². The van der Waals surface area contributed by atoms with Gasteiger partial charge in [0.15, 0.2) is 0 Å². The van der Waals surface area contributed by atoms with Crippen molar-refractivity contribution in [2.24, 2.45) is 17.8 Å². The van der Waals surface area contributed by atoms with Crippen molar-refractivity contribution in [3.05, 3.63) is 0 Å². The average molecular weight is 341 g/mol. The lowest BCUT2D eigenvalue weighted by Crippen LogP contribution is -2.45. The van der Waals surface area contributed by atoms with Gasteiger partial charge in [0, 0.05) is 5.92 Å². The molecule has 0 unspecified atom stereocenters. The molecule has 6 heteroatoms. The van der Waals surface area contributed by atoms with Gasteiger partial charge in [-0.05, 0) is 39.0 Å². The molecule has 1 heterocycles. The van der Waals surface area contributed by atoms with E-state index >= 15 is 0 Å². The van der Waals surface area contributed by atoms with Crippen LogP contribution in [-0.4, -0.2) is 41.1 Å². The van der Waals surface area contributed by atoms with Gasteiger partial charge < -0.3 is 9.47 Å². The number of carbonyl (C=O) groups excluding carboxylic acids is 3. The van der Waals surface area contributed by atoms with Crippen LogP contribution in [0.3, 0.4) is 0 Å². The second-order valence-electron chi connectivity index (χ2n) is 8.21. The fraction of sp³-hybridized carbons (Fsp3) is 0.833. The molecule has 1 aliphatic rings. The smallest absolute Gasteiger partial charge is 0.416 e. The molecule has 138 valence electrons. The summed E-state index contributed by atoms with van der Waals surface area (Å²) in [5, 5.41) is 0. The molecule has 0 aromatic heterocycles. The van der Waals surface area contributed by atoms with Crippen LogP contribution in [0.25, 0.3) is 0 Å². The molecule has 1 fully saturated rings. The van der Waals surface area contributed by atoms with Crippen LogP contribution < -0.4 is 0 Å². The van der Waals surface area contributed by atoms with E-state index in [0.29, 0.717) is 6.42 Å². The minimum absolute atomic E-state index is 0.0249. The first kappa shape index (κ1) is 20.5. The zero-order valence-corrected chi connectivity index (χ0v) is 15.9. The SMILES string of the molecule is CC(C)C[C@H](CC(=O)OC(C)(C)C)C(=O)N1C(=O)OC[C@H]1C(C)C. The molecule has 0 radical (unpaired) electrons. The molecule has 0 bridgehead atoms. The number of nitrogens with zero attached hydrogens (tertiary/aromatic N) is 1. The second kappa shape index (κ2) is 7.99. The van der Waals surface area contributed by atoms with E-state index in [1.54, 1.807) is 20.8 Å². The van der Waals surface area contributed by atoms with E-state index in [1.807, 2.05) is 27.7 Å². The van der Waals surface area contributed by atoms with Crippen molar-refractivity contribution in [2.45, 2.75) is 73.0 Å². The molecule has 2 amide bonds. The van der Waals surface area contributed by atoms with Gasteiger partial charge in [0.05, 0.1) is 12.5 Å². The molecule has 0 spiro atoms. The number of esters is 1. The highest BCUT2D eigenvalue weighted by atomic mass is 16.6. The maximum atomic E-state index is 12.9. The average Bonchev–Trinajstić information content (AvgIpc) is 2.76. The quantitative estimate of drug-likeness (QED) is 0.693. The molecule has 1 saturated heterocycles. The Labute approximate surface area is 144 Å². The van der Waals surface area contributed by atoms with E-state index in [2.05, 4.69) is 0 Å². The summed E-state index contributed by atoms with van der Waals surface area (Å²) in [5.74, 6) is -1.02. The number of carbonyl (C=O) groups is 3. The number of hydrogen-bond acceptors (Lipinski definition) is 5. The summed E-state index contributed by atoms with van der Waals surface area (Å²) in [4.78, 5) is 38.3. The predicted octanol–water partition coefficient (Wildman–Crippen LogP) is 3.38. The number of amides is 2. The van der Waals surface area contributed by atoms with E-state index in [0.717, 1.165) is 0 Å². The summed E-state index contributed by atoms with van der Waals surface area (Å²) in [6, 6.07) is -0.279. The number of rotatable bonds is 6. The second-order valence-corrected chi connectivity index (χ2v) is 8.21. The van der Waals surface area contributed by atoms with Gasteiger partial charge in [0.2, 0.25) is 5.91 Å².